The molecular formula is C18H20N2OS. The van der Waals surface area contributed by atoms with Crippen molar-refractivity contribution in [3.63, 3.8) is 0 Å². The second-order valence-corrected chi connectivity index (χ2v) is 7.73. The van der Waals surface area contributed by atoms with E-state index >= 15 is 0 Å². The molecular weight excluding hydrogens is 292 g/mol. The molecule has 2 aromatic rings. The highest BCUT2D eigenvalue weighted by Gasteiger charge is 2.46. The van der Waals surface area contributed by atoms with Crippen molar-refractivity contribution in [3.05, 3.63) is 52.2 Å². The van der Waals surface area contributed by atoms with Gasteiger partial charge in [-0.25, -0.2) is 0 Å². The molecule has 2 aliphatic rings. The number of amides is 1. The second-order valence-electron chi connectivity index (χ2n) is 6.36. The van der Waals surface area contributed by atoms with Gasteiger partial charge in [-0.15, -0.1) is 11.3 Å². The van der Waals surface area contributed by atoms with Crippen LogP contribution in [0.5, 0.6) is 0 Å². The van der Waals surface area contributed by atoms with Gasteiger partial charge in [0.1, 0.15) is 0 Å². The average molecular weight is 312 g/mol. The Balaban J connectivity index is 1.44. The van der Waals surface area contributed by atoms with E-state index in [2.05, 4.69) is 24.0 Å². The third-order valence-corrected chi connectivity index (χ3v) is 5.75. The van der Waals surface area contributed by atoms with E-state index in [1.165, 1.54) is 9.75 Å². The number of hydrogen-bond acceptors (Lipinski definition) is 3. The number of rotatable bonds is 3. The van der Waals surface area contributed by atoms with Gasteiger partial charge in [0.2, 0.25) is 5.91 Å². The maximum atomic E-state index is 12.7. The molecule has 2 fully saturated rings. The summed E-state index contributed by atoms with van der Waals surface area (Å²) in [6.07, 6.45) is 0. The van der Waals surface area contributed by atoms with Gasteiger partial charge in [-0.05, 0) is 31.2 Å². The van der Waals surface area contributed by atoms with E-state index in [-0.39, 0.29) is 5.92 Å². The lowest BCUT2D eigenvalue weighted by atomic mass is 10.0. The van der Waals surface area contributed by atoms with Gasteiger partial charge in [-0.2, -0.15) is 0 Å². The Bertz CT molecular complexity index is 681. The first-order valence-electron chi connectivity index (χ1n) is 7.85. The molecule has 0 aliphatic carbocycles. The molecule has 4 heteroatoms. The summed E-state index contributed by atoms with van der Waals surface area (Å²) in [5, 5.41) is 0. The number of nitrogens with zero attached hydrogens (tertiary/aromatic N) is 2. The Kier molecular flexibility index (Phi) is 3.51. The minimum atomic E-state index is 0.182. The first-order valence-corrected chi connectivity index (χ1v) is 8.66. The molecule has 0 bridgehead atoms. The van der Waals surface area contributed by atoms with Crippen LogP contribution in [0.3, 0.4) is 0 Å². The van der Waals surface area contributed by atoms with E-state index in [0.29, 0.717) is 11.8 Å². The molecule has 4 rings (SSSR count). The van der Waals surface area contributed by atoms with Crippen molar-refractivity contribution in [2.75, 3.05) is 24.5 Å². The third kappa shape index (κ3) is 2.46. The number of aryl methyl sites for hydroxylation is 1. The number of anilines is 1. The molecule has 114 valence electrons. The topological polar surface area (TPSA) is 23.6 Å². The molecule has 1 amide bonds. The van der Waals surface area contributed by atoms with Crippen LogP contribution < -0.4 is 4.90 Å². The lowest BCUT2D eigenvalue weighted by molar-refractivity contribution is -0.120. The number of para-hydroxylation sites is 1. The number of fused-ring (bicyclic) bond motifs is 1. The molecule has 0 N–H and O–H groups in total. The number of carbonyl (C=O) groups excluding carboxylic acids is 1. The van der Waals surface area contributed by atoms with Gasteiger partial charge < -0.3 is 4.90 Å². The normalized spacial score (nSPS) is 25.0. The predicted molar refractivity (Wildman–Crippen MR) is 90.1 cm³/mol. The Morgan fingerprint density at radius 3 is 2.59 bits per heavy atom. The fourth-order valence-corrected chi connectivity index (χ4v) is 4.64. The summed E-state index contributed by atoms with van der Waals surface area (Å²) in [4.78, 5) is 19.9. The van der Waals surface area contributed by atoms with Crippen LogP contribution in [0.15, 0.2) is 42.5 Å². The van der Waals surface area contributed by atoms with Gasteiger partial charge in [0.15, 0.2) is 0 Å². The van der Waals surface area contributed by atoms with Gasteiger partial charge in [-0.1, -0.05) is 18.2 Å². The fourth-order valence-electron chi connectivity index (χ4n) is 3.71. The predicted octanol–water partition coefficient (Wildman–Crippen LogP) is 3.15. The number of hydrogen-bond donors (Lipinski definition) is 0. The molecule has 2 atom stereocenters. The van der Waals surface area contributed by atoms with Crippen LogP contribution in [0.1, 0.15) is 9.75 Å². The summed E-state index contributed by atoms with van der Waals surface area (Å²) in [5.41, 5.74) is 1.04. The molecule has 2 saturated heterocycles. The Hall–Kier alpha value is -1.65. The molecule has 0 spiro atoms. The summed E-state index contributed by atoms with van der Waals surface area (Å²) in [7, 11) is 0. The molecule has 0 radical (unpaired) electrons. The zero-order chi connectivity index (χ0) is 15.1. The van der Waals surface area contributed by atoms with Gasteiger partial charge >= 0.3 is 0 Å². The zero-order valence-electron chi connectivity index (χ0n) is 12.7. The molecule has 3 heterocycles. The largest absolute Gasteiger partial charge is 0.312 e. The minimum absolute atomic E-state index is 0.182. The van der Waals surface area contributed by atoms with Crippen LogP contribution in [-0.4, -0.2) is 30.4 Å². The highest BCUT2D eigenvalue weighted by atomic mass is 32.1. The van der Waals surface area contributed by atoms with Crippen molar-refractivity contribution in [2.24, 2.45) is 11.8 Å². The molecule has 2 aliphatic heterocycles. The van der Waals surface area contributed by atoms with E-state index in [0.717, 1.165) is 31.9 Å². The van der Waals surface area contributed by atoms with Crippen molar-refractivity contribution in [2.45, 2.75) is 13.5 Å². The van der Waals surface area contributed by atoms with Crippen molar-refractivity contribution in [3.8, 4) is 0 Å². The SMILES string of the molecule is Cc1ccc(CN2C[C@H]3CN(c4ccccc4)C(=O)[C@@H]3C2)s1. The third-order valence-electron chi connectivity index (χ3n) is 4.76. The van der Waals surface area contributed by atoms with Gasteiger partial charge in [0.25, 0.3) is 0 Å². The van der Waals surface area contributed by atoms with E-state index in [4.69, 9.17) is 0 Å². The fraction of sp³-hybridized carbons (Fsp3) is 0.389. The molecule has 22 heavy (non-hydrogen) atoms. The molecule has 0 unspecified atom stereocenters. The van der Waals surface area contributed by atoms with E-state index in [1.807, 2.05) is 46.6 Å². The van der Waals surface area contributed by atoms with Crippen LogP contribution in [0.4, 0.5) is 5.69 Å². The number of thiophene rings is 1. The first kappa shape index (κ1) is 14.0. The second kappa shape index (κ2) is 5.52. The van der Waals surface area contributed by atoms with Crippen LogP contribution in [0.25, 0.3) is 0 Å². The molecule has 1 aromatic heterocycles. The smallest absolute Gasteiger partial charge is 0.231 e. The first-order chi connectivity index (χ1) is 10.7. The van der Waals surface area contributed by atoms with Crippen molar-refractivity contribution >= 4 is 22.9 Å². The molecule has 0 saturated carbocycles. The summed E-state index contributed by atoms with van der Waals surface area (Å²) in [6.45, 7) is 5.95. The maximum absolute atomic E-state index is 12.7. The van der Waals surface area contributed by atoms with Crippen molar-refractivity contribution in [1.29, 1.82) is 0 Å². The zero-order valence-corrected chi connectivity index (χ0v) is 13.6. The Morgan fingerprint density at radius 1 is 1.09 bits per heavy atom. The van der Waals surface area contributed by atoms with Crippen LogP contribution in [0.2, 0.25) is 0 Å². The summed E-state index contributed by atoms with van der Waals surface area (Å²) >= 11 is 1.86. The monoisotopic (exact) mass is 312 g/mol. The number of carbonyl (C=O) groups is 1. The van der Waals surface area contributed by atoms with Gasteiger partial charge in [-0.3, -0.25) is 9.69 Å². The van der Waals surface area contributed by atoms with E-state index in [9.17, 15) is 4.79 Å². The van der Waals surface area contributed by atoms with Crippen LogP contribution in [-0.2, 0) is 11.3 Å². The van der Waals surface area contributed by atoms with Crippen LogP contribution in [0, 0.1) is 18.8 Å². The van der Waals surface area contributed by atoms with Gasteiger partial charge in [0, 0.05) is 47.5 Å². The standard InChI is InChI=1S/C18H20N2OS/c1-13-7-8-16(22-13)11-19-9-14-10-20(18(21)17(14)12-19)15-5-3-2-4-6-15/h2-8,14,17H,9-12H2,1H3/t14-,17+/m0/s1. The van der Waals surface area contributed by atoms with Gasteiger partial charge in [0.05, 0.1) is 5.92 Å². The quantitative estimate of drug-likeness (QED) is 0.869. The highest BCUT2D eigenvalue weighted by molar-refractivity contribution is 7.11. The Labute approximate surface area is 135 Å². The maximum Gasteiger partial charge on any atom is 0.231 e. The van der Waals surface area contributed by atoms with Crippen molar-refractivity contribution < 1.29 is 4.79 Å². The summed E-state index contributed by atoms with van der Waals surface area (Å²) in [6, 6.07) is 14.5. The van der Waals surface area contributed by atoms with E-state index < -0.39 is 0 Å². The summed E-state index contributed by atoms with van der Waals surface area (Å²) in [5.74, 6) is 0.969. The highest BCUT2D eigenvalue weighted by Crippen LogP contribution is 2.35. The van der Waals surface area contributed by atoms with Crippen LogP contribution >= 0.6 is 11.3 Å². The minimum Gasteiger partial charge on any atom is -0.312 e. The molecule has 1 aromatic carbocycles. The van der Waals surface area contributed by atoms with Crippen molar-refractivity contribution in [1.82, 2.24) is 4.90 Å². The Morgan fingerprint density at radius 2 is 1.91 bits per heavy atom. The molecule has 3 nitrogen and oxygen atoms in total. The number of likely N-dealkylation sites (tertiary alicyclic amines) is 1. The lowest BCUT2D eigenvalue weighted by Crippen LogP contribution is -2.32. The number of benzene rings is 1. The average Bonchev–Trinajstić information content (AvgIpc) is 3.18. The van der Waals surface area contributed by atoms with E-state index in [1.54, 1.807) is 0 Å². The lowest BCUT2D eigenvalue weighted by Gasteiger charge is -2.21. The summed E-state index contributed by atoms with van der Waals surface area (Å²) < 4.78 is 0.